The van der Waals surface area contributed by atoms with Gasteiger partial charge < -0.3 is 14.8 Å². The maximum absolute atomic E-state index is 5.28. The molecular formula is C14H21NO2. The molecule has 94 valence electrons. The van der Waals surface area contributed by atoms with Crippen LogP contribution in [-0.4, -0.2) is 26.8 Å². The van der Waals surface area contributed by atoms with Crippen LogP contribution in [0.3, 0.4) is 0 Å². The first-order valence-corrected chi connectivity index (χ1v) is 5.76. The minimum Gasteiger partial charge on any atom is -0.493 e. The Morgan fingerprint density at radius 2 is 2.00 bits per heavy atom. The van der Waals surface area contributed by atoms with Crippen LogP contribution in [0.4, 0.5) is 0 Å². The third kappa shape index (κ3) is 4.11. The van der Waals surface area contributed by atoms with Crippen molar-refractivity contribution in [2.75, 3.05) is 20.8 Å². The Labute approximate surface area is 103 Å². The van der Waals surface area contributed by atoms with Gasteiger partial charge in [0.2, 0.25) is 0 Å². The minimum absolute atomic E-state index is 0.408. The lowest BCUT2D eigenvalue weighted by Crippen LogP contribution is -2.27. The predicted molar refractivity (Wildman–Crippen MR) is 70.9 cm³/mol. The van der Waals surface area contributed by atoms with Crippen LogP contribution in [0.1, 0.15) is 12.5 Å². The summed E-state index contributed by atoms with van der Waals surface area (Å²) in [4.78, 5) is 0. The van der Waals surface area contributed by atoms with E-state index in [-0.39, 0.29) is 0 Å². The molecule has 0 heterocycles. The average Bonchev–Trinajstić information content (AvgIpc) is 2.36. The average molecular weight is 235 g/mol. The normalized spacial score (nSPS) is 11.9. The molecule has 1 N–H and O–H groups in total. The second-order valence-electron chi connectivity index (χ2n) is 3.99. The summed E-state index contributed by atoms with van der Waals surface area (Å²) in [6, 6.07) is 6.43. The van der Waals surface area contributed by atoms with Gasteiger partial charge in [0.1, 0.15) is 0 Å². The lowest BCUT2D eigenvalue weighted by molar-refractivity contribution is 0.354. The molecule has 0 bridgehead atoms. The topological polar surface area (TPSA) is 30.5 Å². The van der Waals surface area contributed by atoms with Gasteiger partial charge in [-0.3, -0.25) is 0 Å². The predicted octanol–water partition coefficient (Wildman–Crippen LogP) is 2.41. The Morgan fingerprint density at radius 1 is 1.29 bits per heavy atom. The lowest BCUT2D eigenvalue weighted by Gasteiger charge is -2.14. The summed E-state index contributed by atoms with van der Waals surface area (Å²) < 4.78 is 10.5. The molecule has 0 spiro atoms. The van der Waals surface area contributed by atoms with Crippen molar-refractivity contribution < 1.29 is 9.47 Å². The van der Waals surface area contributed by atoms with Gasteiger partial charge in [-0.05, 0) is 31.0 Å². The zero-order valence-electron chi connectivity index (χ0n) is 10.8. The van der Waals surface area contributed by atoms with Crippen LogP contribution in [0.15, 0.2) is 30.9 Å². The number of rotatable bonds is 7. The summed E-state index contributed by atoms with van der Waals surface area (Å²) in [5.74, 6) is 1.55. The molecule has 1 rings (SSSR count). The molecule has 0 amide bonds. The lowest BCUT2D eigenvalue weighted by atomic mass is 10.1. The first kappa shape index (κ1) is 13.6. The highest BCUT2D eigenvalue weighted by atomic mass is 16.5. The van der Waals surface area contributed by atoms with Crippen LogP contribution in [0.2, 0.25) is 0 Å². The van der Waals surface area contributed by atoms with E-state index in [1.165, 1.54) is 5.56 Å². The van der Waals surface area contributed by atoms with Gasteiger partial charge in [-0.25, -0.2) is 0 Å². The van der Waals surface area contributed by atoms with Crippen LogP contribution >= 0.6 is 0 Å². The van der Waals surface area contributed by atoms with E-state index in [2.05, 4.69) is 24.9 Å². The molecule has 0 aromatic heterocycles. The molecule has 1 aromatic rings. The van der Waals surface area contributed by atoms with Gasteiger partial charge in [0, 0.05) is 12.6 Å². The molecule has 17 heavy (non-hydrogen) atoms. The van der Waals surface area contributed by atoms with Gasteiger partial charge in [-0.1, -0.05) is 12.1 Å². The summed E-state index contributed by atoms with van der Waals surface area (Å²) >= 11 is 0. The highest BCUT2D eigenvalue weighted by Crippen LogP contribution is 2.27. The van der Waals surface area contributed by atoms with Crippen LogP contribution in [0, 0.1) is 0 Å². The van der Waals surface area contributed by atoms with Crippen molar-refractivity contribution >= 4 is 0 Å². The number of hydrogen-bond donors (Lipinski definition) is 1. The molecule has 1 atom stereocenters. The second-order valence-corrected chi connectivity index (χ2v) is 3.99. The zero-order valence-corrected chi connectivity index (χ0v) is 10.8. The quantitative estimate of drug-likeness (QED) is 0.736. The van der Waals surface area contributed by atoms with Crippen molar-refractivity contribution in [2.24, 2.45) is 0 Å². The third-order valence-electron chi connectivity index (χ3n) is 2.60. The molecule has 0 fully saturated rings. The summed E-state index contributed by atoms with van der Waals surface area (Å²) in [5.41, 5.74) is 1.23. The summed E-state index contributed by atoms with van der Waals surface area (Å²) in [7, 11) is 3.30. The number of hydrogen-bond acceptors (Lipinski definition) is 3. The highest BCUT2D eigenvalue weighted by Gasteiger charge is 2.07. The van der Waals surface area contributed by atoms with E-state index in [9.17, 15) is 0 Å². The largest absolute Gasteiger partial charge is 0.493 e. The maximum Gasteiger partial charge on any atom is 0.160 e. The molecular weight excluding hydrogens is 214 g/mol. The second kappa shape index (κ2) is 6.97. The van der Waals surface area contributed by atoms with E-state index in [1.807, 2.05) is 18.2 Å². The Balaban J connectivity index is 2.68. The molecule has 0 saturated carbocycles. The van der Waals surface area contributed by atoms with E-state index in [0.717, 1.165) is 24.5 Å². The standard InChI is InChI=1S/C14H21NO2/c1-5-8-15-11(2)9-12-6-7-13(16-3)14(10-12)17-4/h5-7,10-11,15H,1,8-9H2,2-4H3. The number of nitrogens with one attached hydrogen (secondary N) is 1. The van der Waals surface area contributed by atoms with Crippen molar-refractivity contribution in [2.45, 2.75) is 19.4 Å². The van der Waals surface area contributed by atoms with Gasteiger partial charge in [0.05, 0.1) is 14.2 Å². The van der Waals surface area contributed by atoms with Crippen LogP contribution in [-0.2, 0) is 6.42 Å². The van der Waals surface area contributed by atoms with Gasteiger partial charge in [0.15, 0.2) is 11.5 Å². The van der Waals surface area contributed by atoms with E-state index >= 15 is 0 Å². The molecule has 0 saturated heterocycles. The Bertz CT molecular complexity index is 363. The van der Waals surface area contributed by atoms with Crippen molar-refractivity contribution in [3.63, 3.8) is 0 Å². The van der Waals surface area contributed by atoms with Crippen LogP contribution in [0.25, 0.3) is 0 Å². The van der Waals surface area contributed by atoms with Crippen molar-refractivity contribution in [3.05, 3.63) is 36.4 Å². The van der Waals surface area contributed by atoms with Crippen LogP contribution in [0.5, 0.6) is 11.5 Å². The SMILES string of the molecule is C=CCNC(C)Cc1ccc(OC)c(OC)c1. The highest BCUT2D eigenvalue weighted by molar-refractivity contribution is 5.43. The Morgan fingerprint density at radius 3 is 2.59 bits per heavy atom. The van der Waals surface area contributed by atoms with Gasteiger partial charge in [0.25, 0.3) is 0 Å². The Hall–Kier alpha value is -1.48. The smallest absolute Gasteiger partial charge is 0.160 e. The fourth-order valence-corrected chi connectivity index (χ4v) is 1.72. The molecule has 0 aliphatic carbocycles. The van der Waals surface area contributed by atoms with Gasteiger partial charge in [-0.2, -0.15) is 0 Å². The molecule has 1 aromatic carbocycles. The molecule has 0 radical (unpaired) electrons. The number of benzene rings is 1. The zero-order chi connectivity index (χ0) is 12.7. The Kier molecular flexibility index (Phi) is 5.57. The van der Waals surface area contributed by atoms with Crippen LogP contribution < -0.4 is 14.8 Å². The monoisotopic (exact) mass is 235 g/mol. The summed E-state index contributed by atoms with van der Waals surface area (Å²) in [6.45, 7) is 6.67. The fourth-order valence-electron chi connectivity index (χ4n) is 1.72. The summed E-state index contributed by atoms with van der Waals surface area (Å²) in [5, 5.41) is 3.36. The summed E-state index contributed by atoms with van der Waals surface area (Å²) in [6.07, 6.45) is 2.82. The molecule has 0 aliphatic rings. The minimum atomic E-state index is 0.408. The molecule has 3 nitrogen and oxygen atoms in total. The molecule has 1 unspecified atom stereocenters. The maximum atomic E-state index is 5.28. The fraction of sp³-hybridized carbons (Fsp3) is 0.429. The van der Waals surface area contributed by atoms with E-state index in [1.54, 1.807) is 14.2 Å². The van der Waals surface area contributed by atoms with E-state index in [4.69, 9.17) is 9.47 Å². The van der Waals surface area contributed by atoms with Gasteiger partial charge in [-0.15, -0.1) is 6.58 Å². The van der Waals surface area contributed by atoms with E-state index in [0.29, 0.717) is 6.04 Å². The van der Waals surface area contributed by atoms with E-state index < -0.39 is 0 Å². The molecule has 0 aliphatic heterocycles. The van der Waals surface area contributed by atoms with Gasteiger partial charge >= 0.3 is 0 Å². The number of methoxy groups -OCH3 is 2. The first-order chi connectivity index (χ1) is 8.21. The van der Waals surface area contributed by atoms with Crippen molar-refractivity contribution in [3.8, 4) is 11.5 Å². The van der Waals surface area contributed by atoms with Crippen molar-refractivity contribution in [1.82, 2.24) is 5.32 Å². The first-order valence-electron chi connectivity index (χ1n) is 5.76. The van der Waals surface area contributed by atoms with Crippen molar-refractivity contribution in [1.29, 1.82) is 0 Å². The molecule has 3 heteroatoms. The third-order valence-corrected chi connectivity index (χ3v) is 2.60. The number of ether oxygens (including phenoxy) is 2.